The molecule has 2 heterocycles. The van der Waals surface area contributed by atoms with Crippen LogP contribution in [-0.4, -0.2) is 60.3 Å². The van der Waals surface area contributed by atoms with Crippen LogP contribution in [0.2, 0.25) is 0 Å². The number of aliphatic imine (C=N–C) groups is 1. The third kappa shape index (κ3) is 9.00. The molecule has 0 aromatic heterocycles. The van der Waals surface area contributed by atoms with Crippen LogP contribution in [0, 0.1) is 0 Å². The average Bonchev–Trinajstić information content (AvgIpc) is 1.94. The zero-order chi connectivity index (χ0) is 56.2. The Hall–Kier alpha value is -9.88. The predicted octanol–water partition coefficient (Wildman–Crippen LogP) is 15.5. The number of ether oxygens (including phenoxy) is 4. The Balaban J connectivity index is 1.23. The molecule has 0 fully saturated rings. The van der Waals surface area contributed by atoms with Crippen LogP contribution in [0.3, 0.4) is 0 Å². The molecule has 2 aliphatic rings. The molecule has 0 spiro atoms. The number of rotatable bonds is 18. The Morgan fingerprint density at radius 1 is 0.457 bits per heavy atom. The highest BCUT2D eigenvalue weighted by atomic mass is 16.5. The number of para-hydroxylation sites is 5. The van der Waals surface area contributed by atoms with E-state index in [1.54, 1.807) is 55.5 Å². The lowest BCUT2D eigenvalue weighted by molar-refractivity contribution is -0.121. The van der Waals surface area contributed by atoms with Crippen molar-refractivity contribution in [2.45, 2.75) is 65.3 Å². The standard InChI is InChI=1S/C68H56N4O9/c1-38(2)45-30-21-31-46(39(3)4)63(45)72-67(76)49-36-53(80-43-26-15-9-16-27-43)59-57-51(78-41-22-11-7-12-23-41)34-47-55-48(66(75)71(65(47)74)33-20-19-32-70-64(73)40(5)69-6)35-52(79-42-24-13-8-14-25-42)58(61(55)57)60-54(81-44-28-17-10-18-29-44)37-50(68(72)77)56(49)62(59)60/h7-18,21-31,34-40H,6,19-20,32-33H2,1-5H3,(H,70,73)/t40-/m0/s1. The summed E-state index contributed by atoms with van der Waals surface area (Å²) in [6.45, 7) is 13.6. The first-order chi connectivity index (χ1) is 39.3. The molecule has 0 saturated heterocycles. The van der Waals surface area contributed by atoms with Crippen LogP contribution in [0.25, 0.3) is 43.1 Å². The zero-order valence-corrected chi connectivity index (χ0v) is 45.4. The number of nitrogens with one attached hydrogen (secondary N) is 1. The van der Waals surface area contributed by atoms with Crippen molar-refractivity contribution in [1.82, 2.24) is 10.2 Å². The van der Waals surface area contributed by atoms with Crippen LogP contribution in [0.5, 0.6) is 46.0 Å². The number of amides is 5. The van der Waals surface area contributed by atoms with Crippen molar-refractivity contribution in [3.63, 3.8) is 0 Å². The first kappa shape index (κ1) is 51.9. The Bertz CT molecular complexity index is 3950. The summed E-state index contributed by atoms with van der Waals surface area (Å²) in [5, 5.41) is 6.07. The first-order valence-corrected chi connectivity index (χ1v) is 27.2. The molecule has 81 heavy (non-hydrogen) atoms. The maximum atomic E-state index is 16.0. The van der Waals surface area contributed by atoms with Crippen LogP contribution in [-0.2, 0) is 4.79 Å². The van der Waals surface area contributed by atoms with E-state index in [-0.39, 0.29) is 69.5 Å². The van der Waals surface area contributed by atoms with E-state index in [0.717, 1.165) is 11.1 Å². The fraction of sp³-hybridized carbons (Fsp3) is 0.176. The lowest BCUT2D eigenvalue weighted by Gasteiger charge is -2.34. The summed E-state index contributed by atoms with van der Waals surface area (Å²) >= 11 is 0. The van der Waals surface area contributed by atoms with Crippen molar-refractivity contribution in [3.05, 3.63) is 197 Å². The van der Waals surface area contributed by atoms with E-state index in [1.165, 1.54) is 9.80 Å². The molecule has 5 amide bonds. The van der Waals surface area contributed by atoms with E-state index >= 15 is 19.2 Å². The number of carbonyl (C=O) groups is 5. The summed E-state index contributed by atoms with van der Waals surface area (Å²) in [7, 11) is 0. The van der Waals surface area contributed by atoms with E-state index in [9.17, 15) is 4.79 Å². The van der Waals surface area contributed by atoms with Gasteiger partial charge >= 0.3 is 0 Å². The normalized spacial score (nSPS) is 13.5. The van der Waals surface area contributed by atoms with Gasteiger partial charge in [-0.25, -0.2) is 4.90 Å². The molecule has 10 aromatic carbocycles. The largest absolute Gasteiger partial charge is 0.457 e. The minimum absolute atomic E-state index is 0.0359. The number of hydrogen-bond acceptors (Lipinski definition) is 10. The summed E-state index contributed by atoms with van der Waals surface area (Å²) < 4.78 is 28.2. The lowest BCUT2D eigenvalue weighted by atomic mass is 9.80. The van der Waals surface area contributed by atoms with Gasteiger partial charge in [0.15, 0.2) is 0 Å². The number of carbonyl (C=O) groups excluding carboxylic acids is 5. The smallest absolute Gasteiger partial charge is 0.266 e. The molecule has 10 aromatic rings. The van der Waals surface area contributed by atoms with Gasteiger partial charge in [0.2, 0.25) is 5.91 Å². The molecule has 0 bridgehead atoms. The van der Waals surface area contributed by atoms with Gasteiger partial charge in [-0.15, -0.1) is 0 Å². The molecule has 0 radical (unpaired) electrons. The quantitative estimate of drug-likeness (QED) is 0.0291. The van der Waals surface area contributed by atoms with Crippen molar-refractivity contribution in [3.8, 4) is 46.0 Å². The van der Waals surface area contributed by atoms with E-state index in [2.05, 4.69) is 17.0 Å². The Morgan fingerprint density at radius 2 is 0.802 bits per heavy atom. The molecular weight excluding hydrogens is 1020 g/mol. The lowest BCUT2D eigenvalue weighted by Crippen LogP contribution is -2.42. The number of imide groups is 2. The molecular formula is C68H56N4O9. The minimum atomic E-state index is -0.624. The number of hydrogen-bond donors (Lipinski definition) is 1. The van der Waals surface area contributed by atoms with Crippen molar-refractivity contribution >= 4 is 85.0 Å². The van der Waals surface area contributed by atoms with Gasteiger partial charge in [-0.3, -0.25) is 33.9 Å². The summed E-state index contributed by atoms with van der Waals surface area (Å²) in [5.41, 5.74) is 2.98. The van der Waals surface area contributed by atoms with Gasteiger partial charge < -0.3 is 24.3 Å². The summed E-state index contributed by atoms with van der Waals surface area (Å²) in [6, 6.07) is 48.7. The SMILES string of the molecule is C=N[C@@H](C)C(=O)NCCCCN1C(=O)c2cc(Oc3ccccc3)c3c4c(Oc5ccccc5)cc5c6c(cc(Oc7ccccc7)c(c7c(Oc8ccccc8)cc(c2c37)C1=O)c64)C(=O)N(c1c(C(C)C)cccc1C(C)C)C5=O. The minimum Gasteiger partial charge on any atom is -0.457 e. The number of nitrogens with zero attached hydrogens (tertiary/aromatic N) is 3. The van der Waals surface area contributed by atoms with Crippen LogP contribution in [0.4, 0.5) is 5.69 Å². The Labute approximate surface area is 467 Å². The Kier molecular flexibility index (Phi) is 13.5. The second-order valence-electron chi connectivity index (χ2n) is 21.0. The predicted molar refractivity (Wildman–Crippen MR) is 316 cm³/mol. The third-order valence-corrected chi connectivity index (χ3v) is 15.2. The van der Waals surface area contributed by atoms with Crippen LogP contribution in [0.15, 0.2) is 169 Å². The summed E-state index contributed by atoms with van der Waals surface area (Å²) in [5.74, 6) is 0.0746. The topological polar surface area (TPSA) is 153 Å². The first-order valence-electron chi connectivity index (χ1n) is 27.2. The third-order valence-electron chi connectivity index (χ3n) is 15.2. The highest BCUT2D eigenvalue weighted by Gasteiger charge is 2.43. The average molecular weight is 1070 g/mol. The molecule has 2 aliphatic heterocycles. The summed E-state index contributed by atoms with van der Waals surface area (Å²) in [4.78, 5) is 81.6. The van der Waals surface area contributed by atoms with Crippen LogP contribution >= 0.6 is 0 Å². The number of anilines is 1. The Morgan fingerprint density at radius 3 is 1.14 bits per heavy atom. The van der Waals surface area contributed by atoms with Crippen LogP contribution in [0.1, 0.15) is 112 Å². The second kappa shape index (κ2) is 21.1. The van der Waals surface area contributed by atoms with E-state index in [4.69, 9.17) is 18.9 Å². The molecule has 12 rings (SSSR count). The van der Waals surface area contributed by atoms with E-state index in [1.807, 2.05) is 143 Å². The highest BCUT2D eigenvalue weighted by molar-refractivity contribution is 6.46. The van der Waals surface area contributed by atoms with Crippen molar-refractivity contribution in [2.24, 2.45) is 4.99 Å². The maximum Gasteiger partial charge on any atom is 0.266 e. The molecule has 402 valence electrons. The fourth-order valence-corrected chi connectivity index (χ4v) is 11.4. The second-order valence-corrected chi connectivity index (χ2v) is 21.0. The summed E-state index contributed by atoms with van der Waals surface area (Å²) in [6.07, 6.45) is 0.836. The molecule has 1 N–H and O–H groups in total. The molecule has 13 nitrogen and oxygen atoms in total. The van der Waals surface area contributed by atoms with Crippen molar-refractivity contribution in [2.75, 3.05) is 18.0 Å². The molecule has 0 saturated carbocycles. The van der Waals surface area contributed by atoms with Gasteiger partial charge in [-0.2, -0.15) is 0 Å². The van der Waals surface area contributed by atoms with Gasteiger partial charge in [0.25, 0.3) is 23.6 Å². The van der Waals surface area contributed by atoms with Gasteiger partial charge in [0.1, 0.15) is 52.0 Å². The molecule has 1 atom stereocenters. The van der Waals surface area contributed by atoms with E-state index in [0.29, 0.717) is 91.2 Å². The van der Waals surface area contributed by atoms with Gasteiger partial charge in [-0.05, 0) is 122 Å². The molecule has 13 heteroatoms. The van der Waals surface area contributed by atoms with Gasteiger partial charge in [0.05, 0.1) is 27.9 Å². The van der Waals surface area contributed by atoms with E-state index < -0.39 is 29.7 Å². The highest BCUT2D eigenvalue weighted by Crippen LogP contribution is 2.58. The van der Waals surface area contributed by atoms with Crippen LogP contribution < -0.4 is 29.2 Å². The molecule has 0 aliphatic carbocycles. The van der Waals surface area contributed by atoms with Crippen molar-refractivity contribution in [1.29, 1.82) is 0 Å². The number of fused-ring (bicyclic) bond motifs is 2. The maximum absolute atomic E-state index is 16.0. The number of unbranched alkanes of at least 4 members (excludes halogenated alkanes) is 1. The van der Waals surface area contributed by atoms with Gasteiger partial charge in [0, 0.05) is 56.2 Å². The molecule has 0 unspecified atom stereocenters. The monoisotopic (exact) mass is 1070 g/mol. The number of benzene rings is 10. The zero-order valence-electron chi connectivity index (χ0n) is 45.4. The van der Waals surface area contributed by atoms with Gasteiger partial charge in [-0.1, -0.05) is 119 Å². The van der Waals surface area contributed by atoms with Crippen molar-refractivity contribution < 1.29 is 42.9 Å². The fourth-order valence-electron chi connectivity index (χ4n) is 11.4.